The van der Waals surface area contributed by atoms with E-state index in [4.69, 9.17) is 11.5 Å². The molecule has 1 aromatic carbocycles. The summed E-state index contributed by atoms with van der Waals surface area (Å²) >= 11 is 0. The Morgan fingerprint density at radius 3 is 2.31 bits per heavy atom. The molecule has 0 aliphatic heterocycles. The Hall–Kier alpha value is -0.860. The van der Waals surface area contributed by atoms with Crippen LogP contribution in [0.2, 0.25) is 0 Å². The molecule has 0 spiro atoms. The molecule has 4 N–H and O–H groups in total. The van der Waals surface area contributed by atoms with Gasteiger partial charge in [-0.25, -0.2) is 0 Å². The molecule has 2 nitrogen and oxygen atoms in total. The molecule has 0 saturated carbocycles. The summed E-state index contributed by atoms with van der Waals surface area (Å²) in [4.78, 5) is 0. The Labute approximate surface area is 79.9 Å². The third kappa shape index (κ3) is 2.83. The van der Waals surface area contributed by atoms with E-state index in [1.54, 1.807) is 0 Å². The quantitative estimate of drug-likeness (QED) is 0.730. The molecule has 0 amide bonds. The van der Waals surface area contributed by atoms with Crippen LogP contribution in [-0.2, 0) is 6.42 Å². The second-order valence-electron chi connectivity index (χ2n) is 3.58. The Kier molecular flexibility index (Phi) is 3.46. The molecule has 1 atom stereocenters. The summed E-state index contributed by atoms with van der Waals surface area (Å²) in [5.41, 5.74) is 12.8. The third-order valence-electron chi connectivity index (χ3n) is 2.51. The van der Waals surface area contributed by atoms with Crippen LogP contribution in [0.25, 0.3) is 0 Å². The molecule has 0 aliphatic rings. The van der Waals surface area contributed by atoms with Crippen molar-refractivity contribution in [1.82, 2.24) is 0 Å². The lowest BCUT2D eigenvalue weighted by atomic mass is 9.89. The highest BCUT2D eigenvalue weighted by atomic mass is 14.8. The fourth-order valence-electron chi connectivity index (χ4n) is 1.34. The van der Waals surface area contributed by atoms with E-state index in [0.717, 1.165) is 12.8 Å². The van der Waals surface area contributed by atoms with Crippen molar-refractivity contribution < 1.29 is 0 Å². The van der Waals surface area contributed by atoms with Gasteiger partial charge in [0.25, 0.3) is 0 Å². The van der Waals surface area contributed by atoms with Crippen molar-refractivity contribution in [3.8, 4) is 0 Å². The molecule has 1 rings (SSSR count). The zero-order valence-corrected chi connectivity index (χ0v) is 8.16. The van der Waals surface area contributed by atoms with Gasteiger partial charge in [-0.05, 0) is 18.4 Å². The van der Waals surface area contributed by atoms with Crippen molar-refractivity contribution in [3.63, 3.8) is 0 Å². The van der Waals surface area contributed by atoms with E-state index >= 15 is 0 Å². The second kappa shape index (κ2) is 4.40. The molecule has 0 heterocycles. The summed E-state index contributed by atoms with van der Waals surface area (Å²) in [7, 11) is 0. The van der Waals surface area contributed by atoms with Crippen LogP contribution in [-0.4, -0.2) is 12.1 Å². The molecule has 1 aromatic rings. The molecule has 0 radical (unpaired) electrons. The van der Waals surface area contributed by atoms with E-state index in [0.29, 0.717) is 6.54 Å². The van der Waals surface area contributed by atoms with E-state index in [1.165, 1.54) is 5.56 Å². The first-order chi connectivity index (χ1) is 6.20. The van der Waals surface area contributed by atoms with Crippen molar-refractivity contribution in [3.05, 3.63) is 35.9 Å². The van der Waals surface area contributed by atoms with Crippen molar-refractivity contribution >= 4 is 0 Å². The molecule has 0 aliphatic carbocycles. The van der Waals surface area contributed by atoms with Gasteiger partial charge in [0.15, 0.2) is 0 Å². The number of benzene rings is 1. The largest absolute Gasteiger partial charge is 0.329 e. The first kappa shape index (κ1) is 10.2. The van der Waals surface area contributed by atoms with Crippen molar-refractivity contribution in [2.75, 3.05) is 6.54 Å². The standard InChI is InChI=1S/C11H18N2/c1-2-11(13,9-12)8-10-6-4-3-5-7-10/h3-7H,2,8-9,12-13H2,1H3. The topological polar surface area (TPSA) is 52.0 Å². The van der Waals surface area contributed by atoms with Crippen LogP contribution in [0.3, 0.4) is 0 Å². The summed E-state index contributed by atoms with van der Waals surface area (Å²) in [6, 6.07) is 10.2. The van der Waals surface area contributed by atoms with E-state index < -0.39 is 0 Å². The molecule has 72 valence electrons. The lowest BCUT2D eigenvalue weighted by Gasteiger charge is -2.26. The van der Waals surface area contributed by atoms with Gasteiger partial charge in [-0.2, -0.15) is 0 Å². The third-order valence-corrected chi connectivity index (χ3v) is 2.51. The minimum absolute atomic E-state index is 0.235. The summed E-state index contributed by atoms with van der Waals surface area (Å²) in [5, 5.41) is 0. The predicted molar refractivity (Wildman–Crippen MR) is 56.4 cm³/mol. The van der Waals surface area contributed by atoms with E-state index in [-0.39, 0.29) is 5.54 Å². The molecular formula is C11H18N2. The van der Waals surface area contributed by atoms with Gasteiger partial charge in [0.2, 0.25) is 0 Å². The lowest BCUT2D eigenvalue weighted by Crippen LogP contribution is -2.48. The van der Waals surface area contributed by atoms with Gasteiger partial charge < -0.3 is 11.5 Å². The smallest absolute Gasteiger partial charge is 0.0316 e. The summed E-state index contributed by atoms with van der Waals surface area (Å²) in [6.07, 6.45) is 1.78. The monoisotopic (exact) mass is 178 g/mol. The maximum atomic E-state index is 6.10. The van der Waals surface area contributed by atoms with Crippen LogP contribution < -0.4 is 11.5 Å². The van der Waals surface area contributed by atoms with Gasteiger partial charge in [0.1, 0.15) is 0 Å². The Balaban J connectivity index is 2.68. The van der Waals surface area contributed by atoms with Gasteiger partial charge in [0, 0.05) is 12.1 Å². The van der Waals surface area contributed by atoms with Gasteiger partial charge >= 0.3 is 0 Å². The van der Waals surface area contributed by atoms with Gasteiger partial charge in [-0.3, -0.25) is 0 Å². The lowest BCUT2D eigenvalue weighted by molar-refractivity contribution is 0.418. The molecule has 0 aromatic heterocycles. The van der Waals surface area contributed by atoms with Crippen molar-refractivity contribution in [2.45, 2.75) is 25.3 Å². The molecule has 1 unspecified atom stereocenters. The van der Waals surface area contributed by atoms with Gasteiger partial charge in [-0.1, -0.05) is 37.3 Å². The maximum Gasteiger partial charge on any atom is 0.0316 e. The summed E-state index contributed by atoms with van der Waals surface area (Å²) in [6.45, 7) is 2.62. The van der Waals surface area contributed by atoms with Crippen LogP contribution in [0.1, 0.15) is 18.9 Å². The highest BCUT2D eigenvalue weighted by Crippen LogP contribution is 2.12. The zero-order chi connectivity index (χ0) is 9.73. The van der Waals surface area contributed by atoms with Crippen LogP contribution in [0.5, 0.6) is 0 Å². The van der Waals surface area contributed by atoms with E-state index in [2.05, 4.69) is 19.1 Å². The Morgan fingerprint density at radius 1 is 1.23 bits per heavy atom. The fraction of sp³-hybridized carbons (Fsp3) is 0.455. The highest BCUT2D eigenvalue weighted by molar-refractivity contribution is 5.17. The minimum atomic E-state index is -0.235. The maximum absolute atomic E-state index is 6.10. The van der Waals surface area contributed by atoms with Gasteiger partial charge in [0.05, 0.1) is 0 Å². The minimum Gasteiger partial charge on any atom is -0.329 e. The first-order valence-electron chi connectivity index (χ1n) is 4.73. The van der Waals surface area contributed by atoms with Crippen LogP contribution in [0.15, 0.2) is 30.3 Å². The molecule has 2 heteroatoms. The number of hydrogen-bond acceptors (Lipinski definition) is 2. The first-order valence-corrected chi connectivity index (χ1v) is 4.73. The second-order valence-corrected chi connectivity index (χ2v) is 3.58. The predicted octanol–water partition coefficient (Wildman–Crippen LogP) is 1.30. The fourth-order valence-corrected chi connectivity index (χ4v) is 1.34. The van der Waals surface area contributed by atoms with E-state index in [1.807, 2.05) is 18.2 Å². The SMILES string of the molecule is CCC(N)(CN)Cc1ccccc1. The van der Waals surface area contributed by atoms with Crippen LogP contribution in [0.4, 0.5) is 0 Å². The Bertz CT molecular complexity index is 240. The normalized spacial score (nSPS) is 15.3. The van der Waals surface area contributed by atoms with E-state index in [9.17, 15) is 0 Å². The molecule has 0 fully saturated rings. The Morgan fingerprint density at radius 2 is 1.85 bits per heavy atom. The number of rotatable bonds is 4. The average molecular weight is 178 g/mol. The van der Waals surface area contributed by atoms with Crippen molar-refractivity contribution in [1.29, 1.82) is 0 Å². The number of hydrogen-bond donors (Lipinski definition) is 2. The summed E-state index contributed by atoms with van der Waals surface area (Å²) < 4.78 is 0. The highest BCUT2D eigenvalue weighted by Gasteiger charge is 2.20. The average Bonchev–Trinajstić information content (AvgIpc) is 2.19. The van der Waals surface area contributed by atoms with Crippen LogP contribution >= 0.6 is 0 Å². The molecule has 0 bridgehead atoms. The zero-order valence-electron chi connectivity index (χ0n) is 8.16. The number of nitrogens with two attached hydrogens (primary N) is 2. The molecular weight excluding hydrogens is 160 g/mol. The molecule has 0 saturated heterocycles. The van der Waals surface area contributed by atoms with Crippen LogP contribution in [0, 0.1) is 0 Å². The van der Waals surface area contributed by atoms with Crippen molar-refractivity contribution in [2.24, 2.45) is 11.5 Å². The van der Waals surface area contributed by atoms with Gasteiger partial charge in [-0.15, -0.1) is 0 Å². The summed E-state index contributed by atoms with van der Waals surface area (Å²) in [5.74, 6) is 0. The molecule has 13 heavy (non-hydrogen) atoms.